The molecule has 0 aliphatic rings. The number of carbonyl (C=O) groups is 1. The van der Waals surface area contributed by atoms with E-state index in [1.54, 1.807) is 41.3 Å². The summed E-state index contributed by atoms with van der Waals surface area (Å²) in [5.41, 5.74) is 6.19. The Morgan fingerprint density at radius 1 is 1.32 bits per heavy atom. The Balaban J connectivity index is 1.65. The second kappa shape index (κ2) is 6.44. The molecule has 0 unspecified atom stereocenters. The molecular weight excluding hydrogens is 246 g/mol. The van der Waals surface area contributed by atoms with Crippen LogP contribution in [0.25, 0.3) is 0 Å². The number of nitrogens with zero attached hydrogens (tertiary/aromatic N) is 2. The van der Waals surface area contributed by atoms with E-state index in [-0.39, 0.29) is 13.2 Å². The molecule has 6 nitrogen and oxygen atoms in total. The van der Waals surface area contributed by atoms with E-state index >= 15 is 0 Å². The molecule has 100 valence electrons. The Labute approximate surface area is 110 Å². The lowest BCUT2D eigenvalue weighted by atomic mass is 10.3. The summed E-state index contributed by atoms with van der Waals surface area (Å²) >= 11 is 0. The van der Waals surface area contributed by atoms with Gasteiger partial charge in [0.05, 0.1) is 6.54 Å². The third-order valence-electron chi connectivity index (χ3n) is 2.38. The van der Waals surface area contributed by atoms with Crippen molar-refractivity contribution in [1.29, 1.82) is 0 Å². The summed E-state index contributed by atoms with van der Waals surface area (Å²) in [6, 6.07) is 8.63. The number of benzene rings is 1. The van der Waals surface area contributed by atoms with Gasteiger partial charge in [-0.15, -0.1) is 0 Å². The minimum Gasteiger partial charge on any atom is -0.482 e. The Kier molecular flexibility index (Phi) is 4.39. The van der Waals surface area contributed by atoms with E-state index in [1.165, 1.54) is 0 Å². The van der Waals surface area contributed by atoms with Crippen molar-refractivity contribution in [2.24, 2.45) is 0 Å². The first kappa shape index (κ1) is 12.9. The smallest absolute Gasteiger partial charge is 0.344 e. The van der Waals surface area contributed by atoms with Crippen LogP contribution in [0, 0.1) is 0 Å². The number of nitrogen functional groups attached to an aromatic ring is 1. The zero-order valence-corrected chi connectivity index (χ0v) is 10.4. The molecule has 0 aliphatic heterocycles. The molecule has 1 aromatic heterocycles. The first-order chi connectivity index (χ1) is 9.24. The van der Waals surface area contributed by atoms with Gasteiger partial charge < -0.3 is 15.2 Å². The summed E-state index contributed by atoms with van der Waals surface area (Å²) in [5, 5.41) is 4.00. The van der Waals surface area contributed by atoms with E-state index in [2.05, 4.69) is 5.10 Å². The highest BCUT2D eigenvalue weighted by Crippen LogP contribution is 2.12. The van der Waals surface area contributed by atoms with Gasteiger partial charge in [-0.25, -0.2) is 4.79 Å². The number of anilines is 1. The largest absolute Gasteiger partial charge is 0.482 e. The van der Waals surface area contributed by atoms with Crippen LogP contribution < -0.4 is 10.5 Å². The SMILES string of the molecule is Nc1ccc(OCC(=O)OCCn2cccn2)cc1. The number of rotatable bonds is 6. The normalized spacial score (nSPS) is 10.1. The molecule has 0 aliphatic carbocycles. The standard InChI is InChI=1S/C13H15N3O3/c14-11-2-4-12(5-3-11)19-10-13(17)18-9-8-16-7-1-6-15-16/h1-7H,8-10,14H2. The molecule has 2 rings (SSSR count). The van der Waals surface area contributed by atoms with Crippen LogP contribution in [0.4, 0.5) is 5.69 Å². The molecule has 0 spiro atoms. The molecule has 1 heterocycles. The number of ether oxygens (including phenoxy) is 2. The van der Waals surface area contributed by atoms with Gasteiger partial charge in [-0.1, -0.05) is 0 Å². The Morgan fingerprint density at radius 3 is 2.79 bits per heavy atom. The maximum Gasteiger partial charge on any atom is 0.344 e. The van der Waals surface area contributed by atoms with Gasteiger partial charge in [-0.3, -0.25) is 4.68 Å². The monoisotopic (exact) mass is 261 g/mol. The van der Waals surface area contributed by atoms with E-state index in [4.69, 9.17) is 15.2 Å². The Bertz CT molecular complexity index is 508. The fourth-order valence-electron chi connectivity index (χ4n) is 1.43. The molecule has 0 fully saturated rings. The van der Waals surface area contributed by atoms with Crippen molar-refractivity contribution >= 4 is 11.7 Å². The summed E-state index contributed by atoms with van der Waals surface area (Å²) < 4.78 is 12.0. The predicted molar refractivity (Wildman–Crippen MR) is 69.5 cm³/mol. The molecule has 0 amide bonds. The van der Waals surface area contributed by atoms with Gasteiger partial charge in [0.1, 0.15) is 12.4 Å². The van der Waals surface area contributed by atoms with Crippen molar-refractivity contribution in [3.8, 4) is 5.75 Å². The summed E-state index contributed by atoms with van der Waals surface area (Å²) in [5.74, 6) is 0.169. The van der Waals surface area contributed by atoms with E-state index in [9.17, 15) is 4.79 Å². The van der Waals surface area contributed by atoms with Gasteiger partial charge >= 0.3 is 5.97 Å². The second-order valence-electron chi connectivity index (χ2n) is 3.85. The van der Waals surface area contributed by atoms with E-state index in [0.29, 0.717) is 18.0 Å². The third-order valence-corrected chi connectivity index (χ3v) is 2.38. The van der Waals surface area contributed by atoms with Gasteiger partial charge in [0, 0.05) is 18.1 Å². The van der Waals surface area contributed by atoms with E-state index in [0.717, 1.165) is 0 Å². The summed E-state index contributed by atoms with van der Waals surface area (Å²) in [7, 11) is 0. The summed E-state index contributed by atoms with van der Waals surface area (Å²) in [4.78, 5) is 11.4. The van der Waals surface area contributed by atoms with Crippen molar-refractivity contribution in [2.75, 3.05) is 18.9 Å². The summed E-state index contributed by atoms with van der Waals surface area (Å²) in [6.45, 7) is 0.676. The number of nitrogens with two attached hydrogens (primary N) is 1. The van der Waals surface area contributed by atoms with Crippen LogP contribution in [0.3, 0.4) is 0 Å². The molecule has 0 saturated carbocycles. The molecule has 0 bridgehead atoms. The van der Waals surface area contributed by atoms with E-state index < -0.39 is 5.97 Å². The maximum absolute atomic E-state index is 11.4. The number of aromatic nitrogens is 2. The molecule has 0 saturated heterocycles. The average molecular weight is 261 g/mol. The van der Waals surface area contributed by atoms with Crippen LogP contribution in [0.2, 0.25) is 0 Å². The first-order valence-electron chi connectivity index (χ1n) is 5.85. The van der Waals surface area contributed by atoms with Crippen molar-refractivity contribution in [1.82, 2.24) is 9.78 Å². The number of carbonyl (C=O) groups excluding carboxylic acids is 1. The third kappa shape index (κ3) is 4.34. The van der Waals surface area contributed by atoms with Crippen LogP contribution in [0.15, 0.2) is 42.7 Å². The highest BCUT2D eigenvalue weighted by atomic mass is 16.6. The van der Waals surface area contributed by atoms with Crippen LogP contribution in [0.1, 0.15) is 0 Å². The van der Waals surface area contributed by atoms with Crippen LogP contribution in [-0.4, -0.2) is 29.0 Å². The molecule has 2 aromatic rings. The molecule has 2 N–H and O–H groups in total. The molecule has 0 atom stereocenters. The maximum atomic E-state index is 11.4. The fraction of sp³-hybridized carbons (Fsp3) is 0.231. The zero-order valence-electron chi connectivity index (χ0n) is 10.4. The van der Waals surface area contributed by atoms with Gasteiger partial charge in [-0.05, 0) is 30.3 Å². The van der Waals surface area contributed by atoms with Gasteiger partial charge in [-0.2, -0.15) is 5.10 Å². The Hall–Kier alpha value is -2.50. The molecule has 19 heavy (non-hydrogen) atoms. The minimum absolute atomic E-state index is 0.122. The second-order valence-corrected chi connectivity index (χ2v) is 3.85. The van der Waals surface area contributed by atoms with Crippen LogP contribution in [-0.2, 0) is 16.1 Å². The molecule has 1 aromatic carbocycles. The zero-order chi connectivity index (χ0) is 13.5. The highest BCUT2D eigenvalue weighted by Gasteiger charge is 2.04. The van der Waals surface area contributed by atoms with Crippen LogP contribution >= 0.6 is 0 Å². The number of hydrogen-bond acceptors (Lipinski definition) is 5. The lowest BCUT2D eigenvalue weighted by Gasteiger charge is -2.07. The molecular formula is C13H15N3O3. The fourth-order valence-corrected chi connectivity index (χ4v) is 1.43. The average Bonchev–Trinajstić information content (AvgIpc) is 2.91. The van der Waals surface area contributed by atoms with Crippen molar-refractivity contribution in [3.05, 3.63) is 42.7 Å². The minimum atomic E-state index is -0.413. The number of hydrogen-bond donors (Lipinski definition) is 1. The van der Waals surface area contributed by atoms with Crippen molar-refractivity contribution < 1.29 is 14.3 Å². The topological polar surface area (TPSA) is 79.4 Å². The van der Waals surface area contributed by atoms with Gasteiger partial charge in [0.2, 0.25) is 0 Å². The number of esters is 1. The first-order valence-corrected chi connectivity index (χ1v) is 5.85. The van der Waals surface area contributed by atoms with Gasteiger partial charge in [0.15, 0.2) is 6.61 Å². The van der Waals surface area contributed by atoms with Gasteiger partial charge in [0.25, 0.3) is 0 Å². The molecule has 0 radical (unpaired) electrons. The Morgan fingerprint density at radius 2 is 2.11 bits per heavy atom. The quantitative estimate of drug-likeness (QED) is 0.622. The van der Waals surface area contributed by atoms with E-state index in [1.807, 2.05) is 6.07 Å². The lowest BCUT2D eigenvalue weighted by molar-refractivity contribution is -0.146. The lowest BCUT2D eigenvalue weighted by Crippen LogP contribution is -2.17. The van der Waals surface area contributed by atoms with Crippen molar-refractivity contribution in [2.45, 2.75) is 6.54 Å². The molecule has 6 heteroatoms. The highest BCUT2D eigenvalue weighted by molar-refractivity contribution is 5.71. The summed E-state index contributed by atoms with van der Waals surface area (Å²) in [6.07, 6.45) is 3.48. The predicted octanol–water partition coefficient (Wildman–Crippen LogP) is 1.09. The van der Waals surface area contributed by atoms with Crippen molar-refractivity contribution in [3.63, 3.8) is 0 Å². The van der Waals surface area contributed by atoms with Crippen LogP contribution in [0.5, 0.6) is 5.75 Å².